The molecule has 226 valence electrons. The van der Waals surface area contributed by atoms with Gasteiger partial charge in [0.25, 0.3) is 5.91 Å². The van der Waals surface area contributed by atoms with Crippen molar-refractivity contribution < 1.29 is 48.6 Å². The van der Waals surface area contributed by atoms with Crippen LogP contribution in [0.1, 0.15) is 26.2 Å². The first-order chi connectivity index (χ1) is 18.5. The van der Waals surface area contributed by atoms with Crippen LogP contribution in [0.4, 0.5) is 4.39 Å². The largest absolute Gasteiger partial charge is 0.467 e. The molecule has 3 aliphatic rings. The van der Waals surface area contributed by atoms with Gasteiger partial charge in [0.05, 0.1) is 31.8 Å². The van der Waals surface area contributed by atoms with Crippen molar-refractivity contribution in [2.24, 2.45) is 23.1 Å². The van der Waals surface area contributed by atoms with E-state index < -0.39 is 79.8 Å². The lowest BCUT2D eigenvalue weighted by Gasteiger charge is -2.47. The van der Waals surface area contributed by atoms with Gasteiger partial charge in [0.2, 0.25) is 6.29 Å². The lowest BCUT2D eigenvalue weighted by atomic mass is 9.83. The molecule has 39 heavy (non-hydrogen) atoms. The molecule has 1 amide bonds. The van der Waals surface area contributed by atoms with Crippen molar-refractivity contribution in [2.45, 2.75) is 93.6 Å². The molecule has 0 aromatic heterocycles. The first kappa shape index (κ1) is 32.0. The quantitative estimate of drug-likeness (QED) is 0.104. The minimum atomic E-state index is -2.03. The van der Waals surface area contributed by atoms with Crippen LogP contribution in [0.15, 0.2) is 11.8 Å². The Balaban J connectivity index is 1.75. The average molecular weight is 566 g/mol. The lowest BCUT2D eigenvalue weighted by Crippen LogP contribution is -2.67. The van der Waals surface area contributed by atoms with Crippen LogP contribution in [-0.4, -0.2) is 127 Å². The van der Waals surface area contributed by atoms with E-state index in [1.54, 1.807) is 6.08 Å². The van der Waals surface area contributed by atoms with Gasteiger partial charge in [0, 0.05) is 19.1 Å². The number of ether oxygens (including phenoxy) is 4. The maximum atomic E-state index is 13.9. The predicted molar refractivity (Wildman–Crippen MR) is 135 cm³/mol. The average Bonchev–Trinajstić information content (AvgIpc) is 2.90. The van der Waals surface area contributed by atoms with Crippen molar-refractivity contribution >= 4 is 5.91 Å². The highest BCUT2D eigenvalue weighted by Gasteiger charge is 2.49. The predicted octanol–water partition coefficient (Wildman–Crippen LogP) is -3.73. The van der Waals surface area contributed by atoms with E-state index in [1.807, 2.05) is 6.92 Å². The zero-order chi connectivity index (χ0) is 28.7. The van der Waals surface area contributed by atoms with Gasteiger partial charge in [0.1, 0.15) is 36.3 Å². The monoisotopic (exact) mass is 565 g/mol. The van der Waals surface area contributed by atoms with Gasteiger partial charge in [-0.2, -0.15) is 0 Å². The minimum absolute atomic E-state index is 0.00631. The van der Waals surface area contributed by atoms with Gasteiger partial charge in [0.15, 0.2) is 12.4 Å². The molecule has 15 heteroatoms. The van der Waals surface area contributed by atoms with Crippen molar-refractivity contribution in [3.8, 4) is 0 Å². The molecule has 12 N–H and O–H groups in total. The van der Waals surface area contributed by atoms with E-state index in [-0.39, 0.29) is 18.9 Å². The molecule has 3 rings (SSSR count). The summed E-state index contributed by atoms with van der Waals surface area (Å²) in [5, 5.41) is 46.3. The van der Waals surface area contributed by atoms with Gasteiger partial charge in [-0.1, -0.05) is 6.92 Å². The summed E-state index contributed by atoms with van der Waals surface area (Å²) in [5.74, 6) is -0.413. The zero-order valence-corrected chi connectivity index (χ0v) is 22.1. The summed E-state index contributed by atoms with van der Waals surface area (Å²) in [7, 11) is 0. The van der Waals surface area contributed by atoms with Gasteiger partial charge in [-0.05, 0) is 31.3 Å². The van der Waals surface area contributed by atoms with Gasteiger partial charge in [-0.25, -0.2) is 4.39 Å². The smallest absolute Gasteiger partial charge is 0.252 e. The summed E-state index contributed by atoms with van der Waals surface area (Å²) >= 11 is 0. The molecule has 1 saturated carbocycles. The Morgan fingerprint density at radius 1 is 1.21 bits per heavy atom. The van der Waals surface area contributed by atoms with Crippen LogP contribution in [0.3, 0.4) is 0 Å². The first-order valence-corrected chi connectivity index (χ1v) is 13.3. The number of alkyl halides is 1. The minimum Gasteiger partial charge on any atom is -0.467 e. The third-order valence-electron chi connectivity index (χ3n) is 7.09. The molecule has 12 atom stereocenters. The van der Waals surface area contributed by atoms with Gasteiger partial charge < -0.3 is 67.2 Å². The molecular formula is C24H44FN5O9. The highest BCUT2D eigenvalue weighted by molar-refractivity contribution is 5.81. The van der Waals surface area contributed by atoms with E-state index in [0.717, 1.165) is 0 Å². The Hall–Kier alpha value is -1.50. The number of aliphatic hydroxyl groups is 4. The summed E-state index contributed by atoms with van der Waals surface area (Å²) in [5.41, 5.74) is 17.8. The molecule has 1 saturated heterocycles. The molecule has 2 aliphatic heterocycles. The maximum absolute atomic E-state index is 13.9. The molecule has 0 radical (unpaired) electrons. The number of carbonyl (C=O) groups excluding carboxylic acids is 1. The Morgan fingerprint density at radius 3 is 2.59 bits per heavy atom. The van der Waals surface area contributed by atoms with Crippen LogP contribution in [0.2, 0.25) is 0 Å². The van der Waals surface area contributed by atoms with E-state index in [1.165, 1.54) is 0 Å². The van der Waals surface area contributed by atoms with E-state index in [2.05, 4.69) is 10.6 Å². The van der Waals surface area contributed by atoms with E-state index in [0.29, 0.717) is 38.3 Å². The molecule has 2 heterocycles. The number of hydrogen-bond donors (Lipinski definition) is 9. The molecule has 0 bridgehead atoms. The molecule has 0 spiro atoms. The van der Waals surface area contributed by atoms with Crippen LogP contribution in [0.5, 0.6) is 0 Å². The molecule has 2 fully saturated rings. The van der Waals surface area contributed by atoms with Crippen molar-refractivity contribution in [3.05, 3.63) is 11.8 Å². The molecule has 1 aliphatic carbocycles. The normalized spacial score (nSPS) is 38.8. The fourth-order valence-corrected chi connectivity index (χ4v) is 4.90. The van der Waals surface area contributed by atoms with E-state index >= 15 is 0 Å². The number of hydrogen-bond acceptors (Lipinski definition) is 13. The lowest BCUT2D eigenvalue weighted by molar-refractivity contribution is -0.283. The summed E-state index contributed by atoms with van der Waals surface area (Å²) in [6.45, 7) is 2.32. The van der Waals surface area contributed by atoms with Gasteiger partial charge >= 0.3 is 0 Å². The second-order valence-electron chi connectivity index (χ2n) is 10.5. The molecule has 14 nitrogen and oxygen atoms in total. The zero-order valence-electron chi connectivity index (χ0n) is 22.1. The molecule has 0 aromatic rings. The third-order valence-corrected chi connectivity index (χ3v) is 7.09. The van der Waals surface area contributed by atoms with E-state index in [9.17, 15) is 24.5 Å². The number of carbonyl (C=O) groups is 1. The van der Waals surface area contributed by atoms with Crippen molar-refractivity contribution in [3.63, 3.8) is 0 Å². The second-order valence-corrected chi connectivity index (χ2v) is 10.5. The van der Waals surface area contributed by atoms with Crippen LogP contribution < -0.4 is 27.8 Å². The topological polar surface area (TPSA) is 237 Å². The Morgan fingerprint density at radius 2 is 1.92 bits per heavy atom. The Kier molecular flexibility index (Phi) is 12.3. The Labute approximate surface area is 227 Å². The fraction of sp³-hybridized carbons (Fsp3) is 0.875. The Bertz CT molecular complexity index is 814. The summed E-state index contributed by atoms with van der Waals surface area (Å²) in [6, 6.07) is -2.41. The van der Waals surface area contributed by atoms with Crippen molar-refractivity contribution in [2.75, 3.05) is 32.8 Å². The molecular weight excluding hydrogens is 521 g/mol. The second kappa shape index (κ2) is 14.9. The SMILES string of the molecule is C[C@@H]1CO[C@H](O[C@H]2[C@H](NC(=O)C(O)C(F)CN)C[C@H](N)C(O[C@H]3OC(CNCCO)=CC[C@H]3N)[C@@H]2O)[C@H](O)C1. The summed E-state index contributed by atoms with van der Waals surface area (Å²) < 4.78 is 37.4. The maximum Gasteiger partial charge on any atom is 0.252 e. The van der Waals surface area contributed by atoms with Crippen LogP contribution >= 0.6 is 0 Å². The summed E-state index contributed by atoms with van der Waals surface area (Å²) in [6.07, 6.45) is -8.20. The molecule has 0 aromatic carbocycles. The highest BCUT2D eigenvalue weighted by atomic mass is 19.1. The van der Waals surface area contributed by atoms with Crippen LogP contribution in [-0.2, 0) is 23.7 Å². The number of aliphatic hydroxyl groups excluding tert-OH is 4. The standard InChI is InChI=1S/C24H44FN5O9/c1-11-6-17(32)24(36-10-11)39-21-16(30-22(35)18(33)13(25)8-26)7-15(28)20(19(21)34)38-23-14(27)3-2-12(37-23)9-29-4-5-31/h2,11,13-21,23-24,29,31-34H,3-10,26-28H2,1H3,(H,30,35)/t11-,13?,14+,15-,16+,17+,18?,19-,20?,21-,23+,24+/m0/s1. The fourth-order valence-electron chi connectivity index (χ4n) is 4.90. The first-order valence-electron chi connectivity index (χ1n) is 13.3. The number of nitrogens with two attached hydrogens (primary N) is 3. The van der Waals surface area contributed by atoms with Gasteiger partial charge in [-0.15, -0.1) is 0 Å². The van der Waals surface area contributed by atoms with Gasteiger partial charge in [-0.3, -0.25) is 4.79 Å². The number of halogens is 1. The van der Waals surface area contributed by atoms with Crippen LogP contribution in [0.25, 0.3) is 0 Å². The van der Waals surface area contributed by atoms with Crippen molar-refractivity contribution in [1.82, 2.24) is 10.6 Å². The van der Waals surface area contributed by atoms with Crippen molar-refractivity contribution in [1.29, 1.82) is 0 Å². The third kappa shape index (κ3) is 8.50. The number of nitrogens with one attached hydrogen (secondary N) is 2. The number of rotatable bonds is 12. The highest BCUT2D eigenvalue weighted by Crippen LogP contribution is 2.31. The molecule has 3 unspecified atom stereocenters. The number of amides is 1. The summed E-state index contributed by atoms with van der Waals surface area (Å²) in [4.78, 5) is 12.5. The van der Waals surface area contributed by atoms with E-state index in [4.69, 9.17) is 41.3 Å². The van der Waals surface area contributed by atoms with Crippen LogP contribution in [0, 0.1) is 5.92 Å².